The molecule has 0 fully saturated rings. The molecule has 0 spiro atoms. The number of fused-ring (bicyclic) bond motifs is 1. The van der Waals surface area contributed by atoms with Gasteiger partial charge in [0, 0.05) is 31.0 Å². The Morgan fingerprint density at radius 1 is 1.03 bits per heavy atom. The first-order valence-corrected chi connectivity index (χ1v) is 10.6. The lowest BCUT2D eigenvalue weighted by Gasteiger charge is -2.12. The van der Waals surface area contributed by atoms with Gasteiger partial charge in [-0.1, -0.05) is 25.1 Å². The number of carbonyl (C=O) groups is 2. The normalized spacial score (nSPS) is 13.8. The molecule has 1 aliphatic heterocycles. The molecular formula is C24H30N2O4. The van der Waals surface area contributed by atoms with Crippen molar-refractivity contribution in [3.8, 4) is 11.5 Å². The summed E-state index contributed by atoms with van der Waals surface area (Å²) in [6.45, 7) is 5.71. The van der Waals surface area contributed by atoms with E-state index in [1.165, 1.54) is 0 Å². The van der Waals surface area contributed by atoms with E-state index in [0.29, 0.717) is 38.2 Å². The van der Waals surface area contributed by atoms with Crippen molar-refractivity contribution in [2.24, 2.45) is 0 Å². The molecule has 6 nitrogen and oxygen atoms in total. The Morgan fingerprint density at radius 2 is 1.83 bits per heavy atom. The van der Waals surface area contributed by atoms with Crippen LogP contribution in [0, 0.1) is 0 Å². The van der Waals surface area contributed by atoms with E-state index in [4.69, 9.17) is 9.47 Å². The second-order valence-corrected chi connectivity index (χ2v) is 7.59. The van der Waals surface area contributed by atoms with Crippen LogP contribution in [0.25, 0.3) is 0 Å². The number of rotatable bonds is 8. The Hall–Kier alpha value is -3.02. The maximum absolute atomic E-state index is 12.3. The second kappa shape index (κ2) is 10.7. The second-order valence-electron chi connectivity index (χ2n) is 7.59. The van der Waals surface area contributed by atoms with E-state index in [-0.39, 0.29) is 17.9 Å². The fourth-order valence-electron chi connectivity index (χ4n) is 3.14. The molecule has 0 aliphatic carbocycles. The van der Waals surface area contributed by atoms with E-state index in [9.17, 15) is 9.59 Å². The minimum absolute atomic E-state index is 0.0310. The SMILES string of the molecule is CCC(C)NC(=O)c1cccc(CNC(=O)CCc2ccc3c(c2)OCCCO3)c1. The highest BCUT2D eigenvalue weighted by Gasteiger charge is 2.12. The van der Waals surface area contributed by atoms with Crippen LogP contribution >= 0.6 is 0 Å². The minimum Gasteiger partial charge on any atom is -0.490 e. The number of carbonyl (C=O) groups excluding carboxylic acids is 2. The monoisotopic (exact) mass is 410 g/mol. The summed E-state index contributed by atoms with van der Waals surface area (Å²) < 4.78 is 11.3. The third-order valence-corrected chi connectivity index (χ3v) is 5.12. The van der Waals surface area contributed by atoms with Crippen LogP contribution in [0.2, 0.25) is 0 Å². The summed E-state index contributed by atoms with van der Waals surface area (Å²) in [6.07, 6.45) is 2.76. The molecule has 1 unspecified atom stereocenters. The Morgan fingerprint density at radius 3 is 2.63 bits per heavy atom. The fourth-order valence-corrected chi connectivity index (χ4v) is 3.14. The van der Waals surface area contributed by atoms with Gasteiger partial charge in [-0.3, -0.25) is 9.59 Å². The van der Waals surface area contributed by atoms with E-state index in [2.05, 4.69) is 10.6 Å². The van der Waals surface area contributed by atoms with Crippen LogP contribution in [0.1, 0.15) is 54.6 Å². The lowest BCUT2D eigenvalue weighted by atomic mass is 10.1. The molecule has 0 saturated carbocycles. The maximum atomic E-state index is 12.3. The lowest BCUT2D eigenvalue weighted by molar-refractivity contribution is -0.121. The molecule has 0 saturated heterocycles. The topological polar surface area (TPSA) is 76.7 Å². The van der Waals surface area contributed by atoms with Gasteiger partial charge in [0.15, 0.2) is 11.5 Å². The standard InChI is InChI=1S/C24H30N2O4/c1-3-17(2)26-24(28)20-7-4-6-19(14-20)16-25-23(27)11-9-18-8-10-21-22(15-18)30-13-5-12-29-21/h4,6-8,10,14-15,17H,3,5,9,11-13,16H2,1-2H3,(H,25,27)(H,26,28). The van der Waals surface area contributed by atoms with E-state index in [1.54, 1.807) is 6.07 Å². The van der Waals surface area contributed by atoms with Crippen molar-refractivity contribution in [3.05, 3.63) is 59.2 Å². The predicted octanol–water partition coefficient (Wildman–Crippen LogP) is 3.63. The van der Waals surface area contributed by atoms with Gasteiger partial charge >= 0.3 is 0 Å². The zero-order valence-corrected chi connectivity index (χ0v) is 17.7. The summed E-state index contributed by atoms with van der Waals surface area (Å²) in [5.41, 5.74) is 2.54. The fraction of sp³-hybridized carbons (Fsp3) is 0.417. The minimum atomic E-state index is -0.0908. The number of ether oxygens (including phenoxy) is 2. The molecule has 3 rings (SSSR count). The third kappa shape index (κ3) is 6.24. The number of benzene rings is 2. The summed E-state index contributed by atoms with van der Waals surface area (Å²) >= 11 is 0. The van der Waals surface area contributed by atoms with Gasteiger partial charge in [-0.05, 0) is 55.2 Å². The van der Waals surface area contributed by atoms with Crippen LogP contribution in [0.4, 0.5) is 0 Å². The molecule has 160 valence electrons. The van der Waals surface area contributed by atoms with Crippen molar-refractivity contribution in [1.29, 1.82) is 0 Å². The van der Waals surface area contributed by atoms with Crippen LogP contribution in [0.3, 0.4) is 0 Å². The van der Waals surface area contributed by atoms with Gasteiger partial charge in [0.2, 0.25) is 5.91 Å². The van der Waals surface area contributed by atoms with Gasteiger partial charge in [0.1, 0.15) is 0 Å². The van der Waals surface area contributed by atoms with Gasteiger partial charge in [-0.2, -0.15) is 0 Å². The van der Waals surface area contributed by atoms with E-state index in [0.717, 1.165) is 35.5 Å². The number of amides is 2. The van der Waals surface area contributed by atoms with E-state index in [1.807, 2.05) is 50.2 Å². The van der Waals surface area contributed by atoms with Crippen LogP contribution in [-0.2, 0) is 17.8 Å². The van der Waals surface area contributed by atoms with Gasteiger partial charge in [-0.15, -0.1) is 0 Å². The highest BCUT2D eigenvalue weighted by atomic mass is 16.5. The van der Waals surface area contributed by atoms with E-state index >= 15 is 0 Å². The molecule has 2 aromatic rings. The molecule has 2 N–H and O–H groups in total. The maximum Gasteiger partial charge on any atom is 0.251 e. The zero-order chi connectivity index (χ0) is 21.3. The first-order valence-electron chi connectivity index (χ1n) is 10.6. The average molecular weight is 411 g/mol. The molecule has 0 radical (unpaired) electrons. The largest absolute Gasteiger partial charge is 0.490 e. The number of aryl methyl sites for hydroxylation is 1. The van der Waals surface area contributed by atoms with Gasteiger partial charge in [-0.25, -0.2) is 0 Å². The summed E-state index contributed by atoms with van der Waals surface area (Å²) in [6, 6.07) is 13.3. The van der Waals surface area contributed by atoms with E-state index < -0.39 is 0 Å². The summed E-state index contributed by atoms with van der Waals surface area (Å²) in [5, 5.41) is 5.89. The van der Waals surface area contributed by atoms with Crippen molar-refractivity contribution in [3.63, 3.8) is 0 Å². The van der Waals surface area contributed by atoms with Gasteiger partial charge in [0.25, 0.3) is 5.91 Å². The van der Waals surface area contributed by atoms with Crippen molar-refractivity contribution < 1.29 is 19.1 Å². The smallest absolute Gasteiger partial charge is 0.251 e. The molecule has 2 amide bonds. The van der Waals surface area contributed by atoms with Crippen LogP contribution in [0.5, 0.6) is 11.5 Å². The highest BCUT2D eigenvalue weighted by molar-refractivity contribution is 5.94. The molecule has 1 heterocycles. The molecule has 6 heteroatoms. The summed E-state index contributed by atoms with van der Waals surface area (Å²) in [7, 11) is 0. The van der Waals surface area contributed by atoms with Crippen molar-refractivity contribution in [2.45, 2.75) is 52.1 Å². The summed E-state index contributed by atoms with van der Waals surface area (Å²) in [4.78, 5) is 24.6. The molecular weight excluding hydrogens is 380 g/mol. The van der Waals surface area contributed by atoms with Crippen molar-refractivity contribution in [1.82, 2.24) is 10.6 Å². The predicted molar refractivity (Wildman–Crippen MR) is 116 cm³/mol. The van der Waals surface area contributed by atoms with Crippen LogP contribution in [-0.4, -0.2) is 31.1 Å². The average Bonchev–Trinajstić information content (AvgIpc) is 3.01. The van der Waals surface area contributed by atoms with Crippen LogP contribution in [0.15, 0.2) is 42.5 Å². The Balaban J connectivity index is 1.48. The molecule has 1 aliphatic rings. The Kier molecular flexibility index (Phi) is 7.71. The third-order valence-electron chi connectivity index (χ3n) is 5.12. The first-order chi connectivity index (χ1) is 14.5. The molecule has 30 heavy (non-hydrogen) atoms. The van der Waals surface area contributed by atoms with Crippen LogP contribution < -0.4 is 20.1 Å². The van der Waals surface area contributed by atoms with Crippen molar-refractivity contribution in [2.75, 3.05) is 13.2 Å². The summed E-state index contributed by atoms with van der Waals surface area (Å²) in [5.74, 6) is 1.39. The zero-order valence-electron chi connectivity index (χ0n) is 17.7. The number of nitrogens with one attached hydrogen (secondary N) is 2. The number of hydrogen-bond donors (Lipinski definition) is 2. The molecule has 2 aromatic carbocycles. The Bertz CT molecular complexity index is 881. The molecule has 0 bridgehead atoms. The Labute approximate surface area is 178 Å². The van der Waals surface area contributed by atoms with Gasteiger partial charge in [0.05, 0.1) is 13.2 Å². The lowest BCUT2D eigenvalue weighted by Crippen LogP contribution is -2.32. The molecule has 0 aromatic heterocycles. The number of hydrogen-bond acceptors (Lipinski definition) is 4. The van der Waals surface area contributed by atoms with Crippen molar-refractivity contribution >= 4 is 11.8 Å². The highest BCUT2D eigenvalue weighted by Crippen LogP contribution is 2.30. The van der Waals surface area contributed by atoms with Gasteiger partial charge < -0.3 is 20.1 Å². The molecule has 1 atom stereocenters. The quantitative estimate of drug-likeness (QED) is 0.697. The first kappa shape index (κ1) is 21.7.